The lowest BCUT2D eigenvalue weighted by molar-refractivity contribution is 0.252. The third-order valence-electron chi connectivity index (χ3n) is 3.24. The van der Waals surface area contributed by atoms with E-state index in [1.54, 1.807) is 19.2 Å². The normalized spacial score (nSPS) is 16.6. The maximum Gasteiger partial charge on any atom is 0.168 e. The van der Waals surface area contributed by atoms with Crippen molar-refractivity contribution < 1.29 is 14.2 Å². The molecule has 0 bridgehead atoms. The second-order valence-electron chi connectivity index (χ2n) is 4.70. The van der Waals surface area contributed by atoms with E-state index in [1.807, 2.05) is 24.3 Å². The molecule has 0 radical (unpaired) electrons. The van der Waals surface area contributed by atoms with Crippen LogP contribution in [0, 0.1) is 0 Å². The van der Waals surface area contributed by atoms with Gasteiger partial charge in [-0.2, -0.15) is 0 Å². The van der Waals surface area contributed by atoms with Gasteiger partial charge >= 0.3 is 0 Å². The van der Waals surface area contributed by atoms with Gasteiger partial charge in [0, 0.05) is 11.1 Å². The minimum atomic E-state index is 0.183. The van der Waals surface area contributed by atoms with Crippen molar-refractivity contribution in [2.45, 2.75) is 6.10 Å². The van der Waals surface area contributed by atoms with Crippen LogP contribution in [-0.2, 0) is 4.74 Å². The molecule has 1 fully saturated rings. The van der Waals surface area contributed by atoms with Crippen LogP contribution in [0.4, 0.5) is 0 Å². The maximum absolute atomic E-state index is 6.28. The Kier molecular flexibility index (Phi) is 4.24. The van der Waals surface area contributed by atoms with Crippen molar-refractivity contribution in [2.75, 3.05) is 20.3 Å². The molecule has 0 N–H and O–H groups in total. The van der Waals surface area contributed by atoms with Crippen molar-refractivity contribution in [1.82, 2.24) is 0 Å². The summed E-state index contributed by atoms with van der Waals surface area (Å²) in [6, 6.07) is 11.1. The lowest BCUT2D eigenvalue weighted by Gasteiger charge is -2.15. The lowest BCUT2D eigenvalue weighted by atomic mass is 10.0. The third kappa shape index (κ3) is 3.10. The average Bonchev–Trinajstić information content (AvgIpc) is 3.29. The molecule has 0 amide bonds. The summed E-state index contributed by atoms with van der Waals surface area (Å²) in [5, 5.41) is 1.15. The van der Waals surface area contributed by atoms with Crippen molar-refractivity contribution in [1.29, 1.82) is 0 Å². The van der Waals surface area contributed by atoms with E-state index in [9.17, 15) is 0 Å². The van der Waals surface area contributed by atoms with E-state index in [1.165, 1.54) is 0 Å². The predicted molar refractivity (Wildman–Crippen MR) is 83.7 cm³/mol. The molecule has 0 aliphatic carbocycles. The number of hydrogen-bond donors (Lipinski definition) is 0. The first-order valence-corrected chi connectivity index (χ1v) is 7.32. The van der Waals surface area contributed by atoms with Crippen molar-refractivity contribution in [3.63, 3.8) is 0 Å². The van der Waals surface area contributed by atoms with E-state index in [-0.39, 0.29) is 6.10 Å². The quantitative estimate of drug-likeness (QED) is 0.761. The number of hydrogen-bond acceptors (Lipinski definition) is 3. The second-order valence-corrected chi connectivity index (χ2v) is 5.51. The molecule has 1 saturated heterocycles. The van der Waals surface area contributed by atoms with Crippen LogP contribution < -0.4 is 9.47 Å². The van der Waals surface area contributed by atoms with E-state index in [0.717, 1.165) is 17.7 Å². The second kappa shape index (κ2) is 6.14. The zero-order chi connectivity index (χ0) is 14.8. The minimum absolute atomic E-state index is 0.183. The number of epoxide rings is 1. The largest absolute Gasteiger partial charge is 0.492 e. The molecule has 2 aromatic carbocycles. The van der Waals surface area contributed by atoms with Gasteiger partial charge < -0.3 is 14.2 Å². The van der Waals surface area contributed by atoms with Crippen LogP contribution in [0.3, 0.4) is 0 Å². The summed E-state index contributed by atoms with van der Waals surface area (Å²) >= 11 is 12.6. The van der Waals surface area contributed by atoms with Crippen molar-refractivity contribution in [2.24, 2.45) is 0 Å². The average molecular weight is 325 g/mol. The lowest BCUT2D eigenvalue weighted by Crippen LogP contribution is -2.05. The first-order valence-electron chi connectivity index (χ1n) is 6.56. The monoisotopic (exact) mass is 324 g/mol. The van der Waals surface area contributed by atoms with Gasteiger partial charge in [-0.3, -0.25) is 0 Å². The Morgan fingerprint density at radius 1 is 1.14 bits per heavy atom. The van der Waals surface area contributed by atoms with Crippen LogP contribution in [0.25, 0.3) is 11.1 Å². The molecule has 0 spiro atoms. The maximum atomic E-state index is 6.28. The first kappa shape index (κ1) is 14.5. The van der Waals surface area contributed by atoms with E-state index < -0.39 is 0 Å². The fourth-order valence-corrected chi connectivity index (χ4v) is 2.74. The molecule has 1 aliphatic rings. The summed E-state index contributed by atoms with van der Waals surface area (Å²) in [4.78, 5) is 0. The highest BCUT2D eigenvalue weighted by atomic mass is 35.5. The summed E-state index contributed by atoms with van der Waals surface area (Å²) in [7, 11) is 1.60. The zero-order valence-corrected chi connectivity index (χ0v) is 12.9. The molecule has 0 aromatic heterocycles. The van der Waals surface area contributed by atoms with Crippen LogP contribution in [0.5, 0.6) is 11.5 Å². The Bertz CT molecular complexity index is 634. The Morgan fingerprint density at radius 2 is 1.81 bits per heavy atom. The van der Waals surface area contributed by atoms with Gasteiger partial charge in [-0.05, 0) is 18.2 Å². The molecule has 0 unspecified atom stereocenters. The zero-order valence-electron chi connectivity index (χ0n) is 11.4. The van der Waals surface area contributed by atoms with Crippen LogP contribution in [0.1, 0.15) is 0 Å². The number of halogens is 2. The van der Waals surface area contributed by atoms with Crippen LogP contribution >= 0.6 is 23.2 Å². The van der Waals surface area contributed by atoms with Gasteiger partial charge in [0.15, 0.2) is 11.5 Å². The van der Waals surface area contributed by atoms with Crippen LogP contribution in [0.2, 0.25) is 10.0 Å². The number of ether oxygens (including phenoxy) is 3. The molecule has 1 heterocycles. The molecule has 3 rings (SSSR count). The molecule has 21 heavy (non-hydrogen) atoms. The SMILES string of the molecule is COc1c(OC[C@H]2CO2)cccc1-c1c(Cl)cccc1Cl. The molecule has 1 aliphatic heterocycles. The predicted octanol–water partition coefficient (Wildman–Crippen LogP) is 4.45. The smallest absolute Gasteiger partial charge is 0.168 e. The van der Waals surface area contributed by atoms with Crippen LogP contribution in [-0.4, -0.2) is 26.4 Å². The van der Waals surface area contributed by atoms with Gasteiger partial charge in [0.25, 0.3) is 0 Å². The van der Waals surface area contributed by atoms with Gasteiger partial charge in [0.1, 0.15) is 12.7 Å². The molecule has 3 nitrogen and oxygen atoms in total. The topological polar surface area (TPSA) is 31.0 Å². The van der Waals surface area contributed by atoms with E-state index in [4.69, 9.17) is 37.4 Å². The highest BCUT2D eigenvalue weighted by Gasteiger charge is 2.24. The van der Waals surface area contributed by atoms with Crippen molar-refractivity contribution in [3.8, 4) is 22.6 Å². The Labute approximate surface area is 133 Å². The summed E-state index contributed by atoms with van der Waals surface area (Å²) in [6.07, 6.45) is 0.183. The Morgan fingerprint density at radius 3 is 2.43 bits per heavy atom. The Balaban J connectivity index is 2.02. The van der Waals surface area contributed by atoms with Gasteiger partial charge in [-0.15, -0.1) is 0 Å². The Hall–Kier alpha value is -1.42. The van der Waals surface area contributed by atoms with E-state index in [0.29, 0.717) is 28.2 Å². The third-order valence-corrected chi connectivity index (χ3v) is 3.87. The first-order chi connectivity index (χ1) is 10.2. The number of methoxy groups -OCH3 is 1. The highest BCUT2D eigenvalue weighted by Crippen LogP contribution is 2.43. The van der Waals surface area contributed by atoms with Crippen molar-refractivity contribution >= 4 is 23.2 Å². The standard InChI is InChI=1S/C16H14Cl2O3/c1-19-16-11(15-12(17)5-3-6-13(15)18)4-2-7-14(16)21-9-10-8-20-10/h2-7,10H,8-9H2,1H3/t10-/m1/s1. The molecule has 2 aromatic rings. The number of para-hydroxylation sites is 1. The molecule has 1 atom stereocenters. The summed E-state index contributed by atoms with van der Waals surface area (Å²) < 4.78 is 16.4. The number of benzene rings is 2. The van der Waals surface area contributed by atoms with Gasteiger partial charge in [0.05, 0.1) is 23.8 Å². The summed E-state index contributed by atoms with van der Waals surface area (Å²) in [5.74, 6) is 1.27. The molecule has 0 saturated carbocycles. The summed E-state index contributed by atoms with van der Waals surface area (Å²) in [5.41, 5.74) is 1.55. The molecular formula is C16H14Cl2O3. The fourth-order valence-electron chi connectivity index (χ4n) is 2.14. The fraction of sp³-hybridized carbons (Fsp3) is 0.250. The van der Waals surface area contributed by atoms with E-state index in [2.05, 4.69) is 0 Å². The molecule has 110 valence electrons. The highest BCUT2D eigenvalue weighted by molar-refractivity contribution is 6.39. The molecular weight excluding hydrogens is 311 g/mol. The van der Waals surface area contributed by atoms with Crippen molar-refractivity contribution in [3.05, 3.63) is 46.4 Å². The molecule has 5 heteroatoms. The van der Waals surface area contributed by atoms with Gasteiger partial charge in [-0.25, -0.2) is 0 Å². The minimum Gasteiger partial charge on any atom is -0.492 e. The van der Waals surface area contributed by atoms with E-state index >= 15 is 0 Å². The number of rotatable bonds is 5. The van der Waals surface area contributed by atoms with Crippen LogP contribution in [0.15, 0.2) is 36.4 Å². The van der Waals surface area contributed by atoms with Gasteiger partial charge in [0.2, 0.25) is 0 Å². The van der Waals surface area contributed by atoms with Gasteiger partial charge in [-0.1, -0.05) is 41.4 Å². The summed E-state index contributed by atoms with van der Waals surface area (Å²) in [6.45, 7) is 1.26.